The molecule has 11 aromatic carbocycles. The van der Waals surface area contributed by atoms with Crippen LogP contribution in [0.2, 0.25) is 0 Å². The Kier molecular flexibility index (Phi) is 9.18. The first-order chi connectivity index (χ1) is 34.7. The Morgan fingerprint density at radius 3 is 1.59 bits per heavy atom. The van der Waals surface area contributed by atoms with E-state index in [2.05, 4.69) is 265 Å². The molecule has 1 spiro atoms. The second-order valence-corrected chi connectivity index (χ2v) is 18.7. The highest BCUT2D eigenvalue weighted by atomic mass is 15.2. The number of rotatable bonds is 6. The number of para-hydroxylation sites is 1. The molecular formula is C67H45N3. The number of amidine groups is 1. The van der Waals surface area contributed by atoms with Gasteiger partial charge in [-0.1, -0.05) is 224 Å². The minimum Gasteiger partial charge on any atom is -0.340 e. The van der Waals surface area contributed by atoms with Gasteiger partial charge >= 0.3 is 0 Å². The molecular weight excluding hydrogens is 847 g/mol. The lowest BCUT2D eigenvalue weighted by molar-refractivity contribution is 0.757. The fourth-order valence-corrected chi connectivity index (χ4v) is 11.7. The fraction of sp³-hybridized carbons (Fsp3) is 0.0299. The molecule has 3 heteroatoms. The molecule has 11 aromatic rings. The van der Waals surface area contributed by atoms with E-state index in [-0.39, 0.29) is 6.04 Å². The largest absolute Gasteiger partial charge is 0.340 e. The third-order valence-electron chi connectivity index (χ3n) is 14.9. The minimum absolute atomic E-state index is 0.169. The van der Waals surface area contributed by atoms with Gasteiger partial charge in [-0.15, -0.1) is 0 Å². The van der Waals surface area contributed by atoms with E-state index in [4.69, 9.17) is 4.99 Å². The number of hydrogen-bond donors (Lipinski definition) is 1. The van der Waals surface area contributed by atoms with Crippen LogP contribution < -0.4 is 10.2 Å². The zero-order chi connectivity index (χ0) is 46.2. The van der Waals surface area contributed by atoms with Gasteiger partial charge in [-0.3, -0.25) is 4.99 Å². The third-order valence-corrected chi connectivity index (χ3v) is 14.9. The SMILES string of the molecule is C1=C(c2ccccc2)NC(c2ccccc2)=NC1c1cccc(-c2cccc(-c3ccc4c(c3)C3(c5ccccc5-4)c4ccc5ccccc5c4N(c4ccccc4)c4c3ccc3ccccc43)c2)c1. The standard InChI is InChI=1S/C67H45N3/c1-4-20-46(21-5-1)62-43-63(69-66(68-62)47-22-6-2-7-23-47)52-27-17-26-50(41-52)48-24-16-25-49(40-48)51-34-37-57-56-32-14-15-33-58(56)67(61(57)42-51)59-38-35-44-18-10-12-30-54(44)64(59)70(53-28-8-3-9-29-53)65-55-31-13-11-19-45(55)36-39-60(65)67/h1-43,63H,(H,68,69). The van der Waals surface area contributed by atoms with Gasteiger partial charge in [0, 0.05) is 27.7 Å². The Balaban J connectivity index is 0.945. The molecule has 3 nitrogen and oxygen atoms in total. The van der Waals surface area contributed by atoms with Gasteiger partial charge in [-0.2, -0.15) is 0 Å². The van der Waals surface area contributed by atoms with Crippen molar-refractivity contribution in [2.45, 2.75) is 11.5 Å². The van der Waals surface area contributed by atoms with Crippen LogP contribution in [0.4, 0.5) is 17.1 Å². The summed E-state index contributed by atoms with van der Waals surface area (Å²) in [4.78, 5) is 7.86. The average Bonchev–Trinajstić information content (AvgIpc) is 3.74. The van der Waals surface area contributed by atoms with Crippen LogP contribution in [0.5, 0.6) is 0 Å². The molecule has 1 N–H and O–H groups in total. The number of nitrogens with zero attached hydrogens (tertiary/aromatic N) is 2. The van der Waals surface area contributed by atoms with Crippen LogP contribution >= 0.6 is 0 Å². The summed E-state index contributed by atoms with van der Waals surface area (Å²) in [5.74, 6) is 0.869. The van der Waals surface area contributed by atoms with Gasteiger partial charge in [0.15, 0.2) is 0 Å². The van der Waals surface area contributed by atoms with Gasteiger partial charge < -0.3 is 10.2 Å². The smallest absolute Gasteiger partial charge is 0.133 e. The molecule has 1 aliphatic carbocycles. The highest BCUT2D eigenvalue weighted by Gasteiger charge is 2.52. The normalized spacial score (nSPS) is 15.1. The van der Waals surface area contributed by atoms with Crippen LogP contribution in [0.25, 0.3) is 60.6 Å². The Hall–Kier alpha value is -9.05. The van der Waals surface area contributed by atoms with E-state index in [1.54, 1.807) is 0 Å². The zero-order valence-corrected chi connectivity index (χ0v) is 38.3. The van der Waals surface area contributed by atoms with E-state index < -0.39 is 5.41 Å². The number of nitrogens with one attached hydrogen (secondary N) is 1. The van der Waals surface area contributed by atoms with Crippen molar-refractivity contribution in [3.63, 3.8) is 0 Å². The van der Waals surface area contributed by atoms with Crippen molar-refractivity contribution in [3.8, 4) is 33.4 Å². The van der Waals surface area contributed by atoms with Crippen molar-refractivity contribution in [2.75, 3.05) is 4.90 Å². The van der Waals surface area contributed by atoms with E-state index in [1.807, 2.05) is 6.07 Å². The van der Waals surface area contributed by atoms with Crippen molar-refractivity contribution in [1.82, 2.24) is 5.32 Å². The van der Waals surface area contributed by atoms with E-state index in [0.717, 1.165) is 45.0 Å². The summed E-state index contributed by atoms with van der Waals surface area (Å²) in [5, 5.41) is 8.56. The lowest BCUT2D eigenvalue weighted by Crippen LogP contribution is -2.36. The zero-order valence-electron chi connectivity index (χ0n) is 38.3. The number of benzene rings is 11. The molecule has 0 amide bonds. The highest BCUT2D eigenvalue weighted by molar-refractivity contribution is 6.12. The molecule has 2 heterocycles. The van der Waals surface area contributed by atoms with E-state index in [9.17, 15) is 0 Å². The Morgan fingerprint density at radius 1 is 0.371 bits per heavy atom. The Morgan fingerprint density at radius 2 is 0.900 bits per heavy atom. The van der Waals surface area contributed by atoms with Crippen LogP contribution in [0.3, 0.4) is 0 Å². The molecule has 3 aliphatic rings. The quantitative estimate of drug-likeness (QED) is 0.180. The van der Waals surface area contributed by atoms with Gasteiger partial charge in [0.1, 0.15) is 5.84 Å². The number of hydrogen-bond acceptors (Lipinski definition) is 3. The first-order valence-electron chi connectivity index (χ1n) is 24.2. The molecule has 0 bridgehead atoms. The number of fused-ring (bicyclic) bond motifs is 13. The second kappa shape index (κ2) is 16.0. The molecule has 0 aromatic heterocycles. The summed E-state index contributed by atoms with van der Waals surface area (Å²) < 4.78 is 0. The van der Waals surface area contributed by atoms with Gasteiger partial charge in [0.2, 0.25) is 0 Å². The monoisotopic (exact) mass is 891 g/mol. The van der Waals surface area contributed by atoms with Crippen LogP contribution in [0.1, 0.15) is 45.0 Å². The maximum Gasteiger partial charge on any atom is 0.133 e. The lowest BCUT2D eigenvalue weighted by Gasteiger charge is -2.46. The molecule has 0 radical (unpaired) electrons. The summed E-state index contributed by atoms with van der Waals surface area (Å²) in [6.07, 6.45) is 2.25. The van der Waals surface area contributed by atoms with Crippen molar-refractivity contribution < 1.29 is 0 Å². The second-order valence-electron chi connectivity index (χ2n) is 18.7. The first kappa shape index (κ1) is 40.1. The molecule has 70 heavy (non-hydrogen) atoms. The predicted molar refractivity (Wildman–Crippen MR) is 291 cm³/mol. The summed E-state index contributed by atoms with van der Waals surface area (Å²) in [6, 6.07) is 93.4. The molecule has 0 saturated carbocycles. The molecule has 0 fully saturated rings. The van der Waals surface area contributed by atoms with Crippen molar-refractivity contribution in [3.05, 3.63) is 300 Å². The maximum atomic E-state index is 5.30. The van der Waals surface area contributed by atoms with Crippen molar-refractivity contribution in [2.24, 2.45) is 4.99 Å². The first-order valence-corrected chi connectivity index (χ1v) is 24.2. The van der Waals surface area contributed by atoms with E-state index >= 15 is 0 Å². The molecule has 328 valence electrons. The summed E-state index contributed by atoms with van der Waals surface area (Å²) in [6.45, 7) is 0. The third kappa shape index (κ3) is 6.18. The van der Waals surface area contributed by atoms with E-state index in [0.29, 0.717) is 0 Å². The van der Waals surface area contributed by atoms with Crippen LogP contribution in [0.15, 0.2) is 266 Å². The highest BCUT2D eigenvalue weighted by Crippen LogP contribution is 2.65. The number of anilines is 3. The van der Waals surface area contributed by atoms with Crippen LogP contribution in [-0.2, 0) is 5.41 Å². The number of aliphatic imine (C=N–C) groups is 1. The molecule has 2 aliphatic heterocycles. The summed E-state index contributed by atoms with van der Waals surface area (Å²) >= 11 is 0. The van der Waals surface area contributed by atoms with E-state index in [1.165, 1.54) is 77.4 Å². The van der Waals surface area contributed by atoms with Crippen LogP contribution in [0, 0.1) is 0 Å². The maximum absolute atomic E-state index is 5.30. The van der Waals surface area contributed by atoms with Gasteiger partial charge in [-0.25, -0.2) is 0 Å². The summed E-state index contributed by atoms with van der Waals surface area (Å²) in [7, 11) is 0. The molecule has 0 saturated heterocycles. The summed E-state index contributed by atoms with van der Waals surface area (Å²) in [5.41, 5.74) is 19.8. The fourth-order valence-electron chi connectivity index (χ4n) is 11.7. The van der Waals surface area contributed by atoms with Crippen molar-refractivity contribution >= 4 is 50.1 Å². The Labute approximate surface area is 408 Å². The topological polar surface area (TPSA) is 27.6 Å². The minimum atomic E-state index is -0.613. The van der Waals surface area contributed by atoms with Crippen molar-refractivity contribution in [1.29, 1.82) is 0 Å². The predicted octanol–water partition coefficient (Wildman–Crippen LogP) is 16.6. The van der Waals surface area contributed by atoms with Crippen LogP contribution in [-0.4, -0.2) is 5.84 Å². The molecule has 14 rings (SSSR count). The van der Waals surface area contributed by atoms with Gasteiger partial charge in [-0.05, 0) is 114 Å². The molecule has 1 atom stereocenters. The molecule has 1 unspecified atom stereocenters. The van der Waals surface area contributed by atoms with Gasteiger partial charge in [0.05, 0.1) is 22.8 Å². The Bertz CT molecular complexity index is 3780. The van der Waals surface area contributed by atoms with Gasteiger partial charge in [0.25, 0.3) is 0 Å². The lowest BCUT2D eigenvalue weighted by atomic mass is 9.63. The average molecular weight is 892 g/mol.